The van der Waals surface area contributed by atoms with Gasteiger partial charge in [-0.05, 0) is 4.92 Å². The summed E-state index contributed by atoms with van der Waals surface area (Å²) in [6, 6.07) is 0. The minimum atomic E-state index is -1.36. The van der Waals surface area contributed by atoms with E-state index < -0.39 is 42.0 Å². The van der Waals surface area contributed by atoms with Crippen LogP contribution in [0.3, 0.4) is 0 Å². The molecule has 1 aromatic heterocycles. The first-order valence-corrected chi connectivity index (χ1v) is 4.86. The molecule has 9 nitrogen and oxygen atoms in total. The topological polar surface area (TPSA) is 131 Å². The molecule has 1 fully saturated rings. The maximum absolute atomic E-state index is 10.7. The van der Waals surface area contributed by atoms with Gasteiger partial charge in [-0.1, -0.05) is 4.98 Å². The molecule has 0 spiro atoms. The molecule has 1 aromatic rings. The average molecular weight is 245 g/mol. The summed E-state index contributed by atoms with van der Waals surface area (Å²) in [5.41, 5.74) is 0. The second kappa shape index (κ2) is 4.37. The van der Waals surface area contributed by atoms with Gasteiger partial charge in [0.25, 0.3) is 0 Å². The quantitative estimate of drug-likeness (QED) is 0.431. The van der Waals surface area contributed by atoms with E-state index in [4.69, 9.17) is 9.84 Å². The lowest BCUT2D eigenvalue weighted by molar-refractivity contribution is -0.398. The van der Waals surface area contributed by atoms with Gasteiger partial charge in [0.15, 0.2) is 0 Å². The van der Waals surface area contributed by atoms with E-state index in [9.17, 15) is 20.3 Å². The van der Waals surface area contributed by atoms with Crippen LogP contribution in [0.2, 0.25) is 0 Å². The molecule has 2 heterocycles. The average Bonchev–Trinajstić information content (AvgIpc) is 2.86. The fourth-order valence-electron chi connectivity index (χ4n) is 1.76. The number of ether oxygens (including phenoxy) is 1. The van der Waals surface area contributed by atoms with Crippen molar-refractivity contribution < 1.29 is 25.0 Å². The van der Waals surface area contributed by atoms with Crippen molar-refractivity contribution in [1.82, 2.24) is 9.55 Å². The monoisotopic (exact) mass is 245 g/mol. The van der Waals surface area contributed by atoms with Crippen LogP contribution in [0.15, 0.2) is 12.4 Å². The highest BCUT2D eigenvalue weighted by atomic mass is 16.6. The Labute approximate surface area is 95.0 Å². The first kappa shape index (κ1) is 11.9. The van der Waals surface area contributed by atoms with E-state index in [0.717, 1.165) is 4.57 Å². The van der Waals surface area contributed by atoms with E-state index >= 15 is 0 Å². The van der Waals surface area contributed by atoms with Crippen molar-refractivity contribution in [2.24, 2.45) is 0 Å². The van der Waals surface area contributed by atoms with E-state index in [0.29, 0.717) is 0 Å². The second-order valence-electron chi connectivity index (χ2n) is 3.62. The number of hydrogen-bond acceptors (Lipinski definition) is 7. The van der Waals surface area contributed by atoms with E-state index in [1.165, 1.54) is 12.4 Å². The Bertz CT molecular complexity index is 421. The van der Waals surface area contributed by atoms with Crippen molar-refractivity contribution in [3.05, 3.63) is 22.5 Å². The zero-order chi connectivity index (χ0) is 12.6. The molecule has 94 valence electrons. The van der Waals surface area contributed by atoms with Crippen molar-refractivity contribution in [3.63, 3.8) is 0 Å². The maximum atomic E-state index is 10.7. The SMILES string of the molecule is O=[N+]([O-])c1nccn1[C@@H]1OC(CO)[C@@H](O)[C@H]1O. The fraction of sp³-hybridized carbons (Fsp3) is 0.625. The molecule has 0 aliphatic carbocycles. The lowest BCUT2D eigenvalue weighted by atomic mass is 10.1. The van der Waals surface area contributed by atoms with Crippen molar-refractivity contribution in [1.29, 1.82) is 0 Å². The molecule has 0 saturated carbocycles. The molecule has 17 heavy (non-hydrogen) atoms. The zero-order valence-corrected chi connectivity index (χ0v) is 8.58. The predicted molar refractivity (Wildman–Crippen MR) is 51.9 cm³/mol. The van der Waals surface area contributed by atoms with Gasteiger partial charge >= 0.3 is 5.95 Å². The number of hydrogen-bond donors (Lipinski definition) is 3. The van der Waals surface area contributed by atoms with E-state index in [-0.39, 0.29) is 0 Å². The number of imidazole rings is 1. The molecule has 9 heteroatoms. The Hall–Kier alpha value is -1.55. The second-order valence-corrected chi connectivity index (χ2v) is 3.62. The van der Waals surface area contributed by atoms with Crippen LogP contribution >= 0.6 is 0 Å². The standard InChI is InChI=1S/C8H11N3O6/c12-3-4-5(13)6(14)7(17-4)10-2-1-9-8(10)11(15)16/h1-2,4-7,12-14H,3H2/t4?,5-,6-,7-/m1/s1. The third kappa shape index (κ3) is 1.89. The Morgan fingerprint density at radius 1 is 1.53 bits per heavy atom. The summed E-state index contributed by atoms with van der Waals surface area (Å²) in [4.78, 5) is 13.4. The van der Waals surface area contributed by atoms with Gasteiger partial charge < -0.3 is 30.2 Å². The lowest BCUT2D eigenvalue weighted by Crippen LogP contribution is -2.33. The molecule has 3 N–H and O–H groups in total. The van der Waals surface area contributed by atoms with E-state index in [2.05, 4.69) is 4.98 Å². The summed E-state index contributed by atoms with van der Waals surface area (Å²) in [5.74, 6) is -0.500. The summed E-state index contributed by atoms with van der Waals surface area (Å²) in [6.07, 6.45) is -2.32. The van der Waals surface area contributed by atoms with Crippen LogP contribution in [0.25, 0.3) is 0 Å². The molecule has 1 unspecified atom stereocenters. The summed E-state index contributed by atoms with van der Waals surface area (Å²) in [5, 5.41) is 38.7. The molecule has 0 bridgehead atoms. The predicted octanol–water partition coefficient (Wildman–Crippen LogP) is -1.60. The van der Waals surface area contributed by atoms with Crippen molar-refractivity contribution in [3.8, 4) is 0 Å². The third-order valence-corrected chi connectivity index (χ3v) is 2.60. The van der Waals surface area contributed by atoms with Gasteiger partial charge in [0.1, 0.15) is 30.7 Å². The minimum absolute atomic E-state index is 0.489. The molecule has 0 amide bonds. The molecule has 1 aliphatic rings. The van der Waals surface area contributed by atoms with Gasteiger partial charge in [-0.2, -0.15) is 4.57 Å². The van der Waals surface area contributed by atoms with E-state index in [1.807, 2.05) is 0 Å². The van der Waals surface area contributed by atoms with Crippen LogP contribution in [0, 0.1) is 10.1 Å². The summed E-state index contributed by atoms with van der Waals surface area (Å²) in [6.45, 7) is -0.489. The Morgan fingerprint density at radius 3 is 2.76 bits per heavy atom. The number of rotatable bonds is 3. The molecule has 4 atom stereocenters. The molecule has 0 aromatic carbocycles. The van der Waals surface area contributed by atoms with E-state index in [1.54, 1.807) is 0 Å². The lowest BCUT2D eigenvalue weighted by Gasteiger charge is -2.13. The first-order chi connectivity index (χ1) is 8.06. The number of nitrogens with zero attached hydrogens (tertiary/aromatic N) is 3. The van der Waals surface area contributed by atoms with Crippen LogP contribution in [-0.4, -0.2) is 54.7 Å². The van der Waals surface area contributed by atoms with Gasteiger partial charge in [-0.3, -0.25) is 0 Å². The number of aliphatic hydroxyl groups excluding tert-OH is 3. The summed E-state index contributed by atoms with van der Waals surface area (Å²) < 4.78 is 6.14. The molecular formula is C8H11N3O6. The summed E-state index contributed by atoms with van der Waals surface area (Å²) >= 11 is 0. The largest absolute Gasteiger partial charge is 0.436 e. The number of nitro groups is 1. The zero-order valence-electron chi connectivity index (χ0n) is 8.58. The van der Waals surface area contributed by atoms with Crippen LogP contribution < -0.4 is 0 Å². The molecule has 1 saturated heterocycles. The Balaban J connectivity index is 2.29. The van der Waals surface area contributed by atoms with Crippen molar-refractivity contribution in [2.45, 2.75) is 24.5 Å². The van der Waals surface area contributed by atoms with Crippen LogP contribution in [0.4, 0.5) is 5.95 Å². The van der Waals surface area contributed by atoms with Crippen LogP contribution in [0.5, 0.6) is 0 Å². The molecule has 2 rings (SSSR count). The highest BCUT2D eigenvalue weighted by Crippen LogP contribution is 2.31. The van der Waals surface area contributed by atoms with Crippen molar-refractivity contribution in [2.75, 3.05) is 6.61 Å². The smallest absolute Gasteiger partial charge is 0.394 e. The van der Waals surface area contributed by atoms with Gasteiger partial charge in [0.2, 0.25) is 6.23 Å². The first-order valence-electron chi connectivity index (χ1n) is 4.86. The maximum Gasteiger partial charge on any atom is 0.436 e. The summed E-state index contributed by atoms with van der Waals surface area (Å²) in [7, 11) is 0. The van der Waals surface area contributed by atoms with Gasteiger partial charge in [0.05, 0.1) is 6.61 Å². The van der Waals surface area contributed by atoms with Crippen molar-refractivity contribution >= 4 is 5.95 Å². The minimum Gasteiger partial charge on any atom is -0.394 e. The van der Waals surface area contributed by atoms with Gasteiger partial charge in [0, 0.05) is 0 Å². The van der Waals surface area contributed by atoms with Gasteiger partial charge in [-0.15, -0.1) is 0 Å². The van der Waals surface area contributed by atoms with Crippen LogP contribution in [0.1, 0.15) is 6.23 Å². The molecular weight excluding hydrogens is 234 g/mol. The van der Waals surface area contributed by atoms with Crippen LogP contribution in [-0.2, 0) is 4.74 Å². The normalized spacial score (nSPS) is 32.9. The number of aliphatic hydroxyl groups is 3. The number of aromatic nitrogens is 2. The third-order valence-electron chi connectivity index (χ3n) is 2.60. The molecule has 1 aliphatic heterocycles. The van der Waals surface area contributed by atoms with Gasteiger partial charge in [-0.25, -0.2) is 0 Å². The highest BCUT2D eigenvalue weighted by molar-refractivity contribution is 5.09. The highest BCUT2D eigenvalue weighted by Gasteiger charge is 2.46. The molecule has 0 radical (unpaired) electrons. The fourth-order valence-corrected chi connectivity index (χ4v) is 1.76. The Kier molecular flexibility index (Phi) is 3.07. The Morgan fingerprint density at radius 2 is 2.24 bits per heavy atom.